The summed E-state index contributed by atoms with van der Waals surface area (Å²) in [6.07, 6.45) is 3.50. The molecule has 1 aliphatic rings. The van der Waals surface area contributed by atoms with Gasteiger partial charge in [-0.05, 0) is 25.7 Å². The highest BCUT2D eigenvalue weighted by molar-refractivity contribution is 7.89. The Hall–Kier alpha value is -0.590. The first-order chi connectivity index (χ1) is 7.49. The second kappa shape index (κ2) is 4.35. The number of H-pyrrole nitrogens is 1. The fraction of sp³-hybridized carbons (Fsp3) is 0.667. The lowest BCUT2D eigenvalue weighted by atomic mass is 10.3. The third-order valence-corrected chi connectivity index (χ3v) is 4.41. The van der Waals surface area contributed by atoms with Crippen molar-refractivity contribution in [3.8, 4) is 0 Å². The smallest absolute Gasteiger partial charge is 0.257 e. The predicted molar refractivity (Wildman–Crippen MR) is 60.9 cm³/mol. The summed E-state index contributed by atoms with van der Waals surface area (Å²) in [6, 6.07) is 0. The zero-order valence-corrected chi connectivity index (χ0v) is 10.5. The van der Waals surface area contributed by atoms with Crippen molar-refractivity contribution in [2.45, 2.75) is 30.2 Å². The van der Waals surface area contributed by atoms with Gasteiger partial charge in [-0.2, -0.15) is 0 Å². The average molecular weight is 264 g/mol. The maximum absolute atomic E-state index is 11.8. The van der Waals surface area contributed by atoms with Crippen molar-refractivity contribution in [1.82, 2.24) is 14.7 Å². The topological polar surface area (TPSA) is 74.8 Å². The number of sulfonamides is 1. The molecule has 1 aromatic rings. The summed E-state index contributed by atoms with van der Waals surface area (Å²) in [5, 5.41) is -0.0246. The maximum atomic E-state index is 11.8. The van der Waals surface area contributed by atoms with E-state index in [-0.39, 0.29) is 16.9 Å². The second-order valence-corrected chi connectivity index (χ2v) is 6.33. The Bertz CT molecular complexity index is 467. The van der Waals surface area contributed by atoms with Crippen molar-refractivity contribution in [3.63, 3.8) is 0 Å². The van der Waals surface area contributed by atoms with Crippen molar-refractivity contribution in [1.29, 1.82) is 0 Å². The molecule has 0 amide bonds. The SMILES string of the molecule is Cc1ncc(S(=O)(=O)NCC(Cl)C2CC2)[nH]1. The Morgan fingerprint density at radius 2 is 2.38 bits per heavy atom. The number of aromatic nitrogens is 2. The predicted octanol–water partition coefficient (Wildman–Crippen LogP) is 1.01. The molecular formula is C9H14ClN3O2S. The first-order valence-corrected chi connectivity index (χ1v) is 7.06. The number of alkyl halides is 1. The number of halogens is 1. The van der Waals surface area contributed by atoms with E-state index in [1.807, 2.05) is 0 Å². The van der Waals surface area contributed by atoms with Gasteiger partial charge in [0.2, 0.25) is 0 Å². The zero-order chi connectivity index (χ0) is 11.8. The third-order valence-electron chi connectivity index (χ3n) is 2.57. The molecule has 16 heavy (non-hydrogen) atoms. The van der Waals surface area contributed by atoms with Gasteiger partial charge >= 0.3 is 0 Å². The minimum atomic E-state index is -3.49. The van der Waals surface area contributed by atoms with Gasteiger partial charge in [-0.15, -0.1) is 11.6 Å². The number of aryl methyl sites for hydroxylation is 1. The second-order valence-electron chi connectivity index (χ2n) is 4.04. The summed E-state index contributed by atoms with van der Waals surface area (Å²) in [5.41, 5.74) is 0. The Balaban J connectivity index is 1.97. The fourth-order valence-corrected chi connectivity index (χ4v) is 2.88. The van der Waals surface area contributed by atoms with Crippen LogP contribution in [0.25, 0.3) is 0 Å². The summed E-state index contributed by atoms with van der Waals surface area (Å²) in [6.45, 7) is 1.97. The van der Waals surface area contributed by atoms with Crippen molar-refractivity contribution in [3.05, 3.63) is 12.0 Å². The number of rotatable bonds is 5. The van der Waals surface area contributed by atoms with Crippen LogP contribution in [0, 0.1) is 12.8 Å². The number of aromatic amines is 1. The minimum Gasteiger partial charge on any atom is -0.332 e. The molecule has 0 spiro atoms. The first kappa shape index (κ1) is 11.9. The summed E-state index contributed by atoms with van der Waals surface area (Å²) in [7, 11) is -3.49. The van der Waals surface area contributed by atoms with E-state index in [0.29, 0.717) is 11.7 Å². The van der Waals surface area contributed by atoms with Crippen LogP contribution in [0.1, 0.15) is 18.7 Å². The number of hydrogen-bond acceptors (Lipinski definition) is 3. The lowest BCUT2D eigenvalue weighted by Crippen LogP contribution is -2.30. The largest absolute Gasteiger partial charge is 0.332 e. The van der Waals surface area contributed by atoms with Gasteiger partial charge in [-0.3, -0.25) is 0 Å². The molecule has 0 aromatic carbocycles. The standard InChI is InChI=1S/C9H14ClN3O2S/c1-6-11-5-9(13-6)16(14,15)12-4-8(10)7-2-3-7/h5,7-8,12H,2-4H2,1H3,(H,11,13). The van der Waals surface area contributed by atoms with E-state index in [2.05, 4.69) is 14.7 Å². The Morgan fingerprint density at radius 3 is 2.88 bits per heavy atom. The quantitative estimate of drug-likeness (QED) is 0.779. The van der Waals surface area contributed by atoms with Gasteiger partial charge in [-0.25, -0.2) is 18.1 Å². The molecule has 7 heteroatoms. The lowest BCUT2D eigenvalue weighted by molar-refractivity contribution is 0.573. The van der Waals surface area contributed by atoms with E-state index in [1.165, 1.54) is 6.20 Å². The van der Waals surface area contributed by atoms with Gasteiger partial charge in [0.15, 0.2) is 5.03 Å². The van der Waals surface area contributed by atoms with E-state index in [1.54, 1.807) is 6.92 Å². The molecule has 5 nitrogen and oxygen atoms in total. The molecule has 90 valence electrons. The van der Waals surface area contributed by atoms with E-state index in [0.717, 1.165) is 12.8 Å². The highest BCUT2D eigenvalue weighted by Gasteiger charge is 2.30. The molecule has 1 heterocycles. The third kappa shape index (κ3) is 2.75. The number of nitrogens with one attached hydrogen (secondary N) is 2. The maximum Gasteiger partial charge on any atom is 0.257 e. The summed E-state index contributed by atoms with van der Waals surface area (Å²) < 4.78 is 26.0. The van der Waals surface area contributed by atoms with Crippen LogP contribution >= 0.6 is 11.6 Å². The molecule has 0 aliphatic heterocycles. The summed E-state index contributed by atoms with van der Waals surface area (Å²) in [4.78, 5) is 6.53. The van der Waals surface area contributed by atoms with Gasteiger partial charge < -0.3 is 4.98 Å². The Kier molecular flexibility index (Phi) is 3.23. The lowest BCUT2D eigenvalue weighted by Gasteiger charge is -2.08. The van der Waals surface area contributed by atoms with Crippen molar-refractivity contribution in [2.75, 3.05) is 6.54 Å². The van der Waals surface area contributed by atoms with Crippen molar-refractivity contribution < 1.29 is 8.42 Å². The van der Waals surface area contributed by atoms with Crippen LogP contribution in [-0.2, 0) is 10.0 Å². The van der Waals surface area contributed by atoms with Crippen molar-refractivity contribution in [2.24, 2.45) is 5.92 Å². The molecule has 1 fully saturated rings. The van der Waals surface area contributed by atoms with Gasteiger partial charge in [0, 0.05) is 11.9 Å². The molecular weight excluding hydrogens is 250 g/mol. The molecule has 1 saturated carbocycles. The molecule has 1 aliphatic carbocycles. The van der Waals surface area contributed by atoms with Crippen LogP contribution in [-0.4, -0.2) is 30.3 Å². The van der Waals surface area contributed by atoms with Gasteiger partial charge in [-0.1, -0.05) is 0 Å². The summed E-state index contributed by atoms with van der Waals surface area (Å²) in [5.74, 6) is 1.04. The molecule has 2 N–H and O–H groups in total. The number of imidazole rings is 1. The zero-order valence-electron chi connectivity index (χ0n) is 8.90. The number of hydrogen-bond donors (Lipinski definition) is 2. The highest BCUT2D eigenvalue weighted by Crippen LogP contribution is 2.35. The van der Waals surface area contributed by atoms with E-state index < -0.39 is 10.0 Å². The number of nitrogens with zero attached hydrogens (tertiary/aromatic N) is 1. The van der Waals surface area contributed by atoms with Gasteiger partial charge in [0.25, 0.3) is 10.0 Å². The Labute approximate surface area is 99.7 Å². The van der Waals surface area contributed by atoms with Gasteiger partial charge in [0.1, 0.15) is 5.82 Å². The fourth-order valence-electron chi connectivity index (χ4n) is 1.43. The molecule has 0 saturated heterocycles. The highest BCUT2D eigenvalue weighted by atomic mass is 35.5. The first-order valence-electron chi connectivity index (χ1n) is 5.14. The molecule has 2 rings (SSSR count). The minimum absolute atomic E-state index is 0.0877. The molecule has 0 radical (unpaired) electrons. The van der Waals surface area contributed by atoms with Gasteiger partial charge in [0.05, 0.1) is 6.20 Å². The molecule has 1 unspecified atom stereocenters. The Morgan fingerprint density at radius 1 is 1.69 bits per heavy atom. The van der Waals surface area contributed by atoms with Crippen LogP contribution in [0.15, 0.2) is 11.2 Å². The molecule has 1 atom stereocenters. The van der Waals surface area contributed by atoms with E-state index in [4.69, 9.17) is 11.6 Å². The average Bonchev–Trinajstić information content (AvgIpc) is 2.98. The van der Waals surface area contributed by atoms with Crippen LogP contribution in [0.4, 0.5) is 0 Å². The van der Waals surface area contributed by atoms with Crippen LogP contribution < -0.4 is 4.72 Å². The summed E-state index contributed by atoms with van der Waals surface area (Å²) >= 11 is 6.02. The molecule has 1 aromatic heterocycles. The van der Waals surface area contributed by atoms with E-state index >= 15 is 0 Å². The van der Waals surface area contributed by atoms with Crippen molar-refractivity contribution >= 4 is 21.6 Å². The van der Waals surface area contributed by atoms with Crippen LogP contribution in [0.3, 0.4) is 0 Å². The molecule has 0 bridgehead atoms. The van der Waals surface area contributed by atoms with E-state index in [9.17, 15) is 8.42 Å². The normalized spacial score (nSPS) is 18.6. The van der Waals surface area contributed by atoms with Crippen LogP contribution in [0.2, 0.25) is 0 Å². The monoisotopic (exact) mass is 263 g/mol. The van der Waals surface area contributed by atoms with Crippen LogP contribution in [0.5, 0.6) is 0 Å².